The van der Waals surface area contributed by atoms with E-state index in [1.165, 1.54) is 12.2 Å². The number of methoxy groups -OCH3 is 1. The Balaban J connectivity index is 1.49. The fourth-order valence-electron chi connectivity index (χ4n) is 6.99. The first-order valence-electron chi connectivity index (χ1n) is 18.7. The van der Waals surface area contributed by atoms with E-state index >= 15 is 0 Å². The lowest BCUT2D eigenvalue weighted by molar-refractivity contribution is -0.332. The summed E-state index contributed by atoms with van der Waals surface area (Å²) in [5, 5.41) is 47.5. The number of allylic oxidation sites excluding steroid dienone is 5. The molecule has 3 aliphatic rings. The minimum absolute atomic E-state index is 0.0630. The molecule has 0 spiro atoms. The van der Waals surface area contributed by atoms with Gasteiger partial charge in [0.05, 0.1) is 24.4 Å². The summed E-state index contributed by atoms with van der Waals surface area (Å²) in [5.41, 5.74) is 10.6. The number of aliphatic imine (C=N–C) groups is 1. The number of carboxylic acids is 1. The zero-order chi connectivity index (χ0) is 40.9. The van der Waals surface area contributed by atoms with Crippen molar-refractivity contribution in [1.29, 1.82) is 0 Å². The third-order valence-corrected chi connectivity index (χ3v) is 10.4. The van der Waals surface area contributed by atoms with Gasteiger partial charge in [-0.1, -0.05) is 63.3 Å². The number of carbonyl (C=O) groups is 3. The van der Waals surface area contributed by atoms with Gasteiger partial charge in [0.15, 0.2) is 18.3 Å². The first-order chi connectivity index (χ1) is 25.9. The summed E-state index contributed by atoms with van der Waals surface area (Å²) in [6, 6.07) is -1.06. The number of fused-ring (bicyclic) bond motifs is 1. The molecule has 55 heavy (non-hydrogen) atoms. The molecule has 11 atom stereocenters. The number of hydrogen-bond donors (Lipinski definition) is 8. The van der Waals surface area contributed by atoms with Crippen molar-refractivity contribution < 1.29 is 58.5 Å². The molecule has 3 aliphatic heterocycles. The smallest absolute Gasteiger partial charge is 0.326 e. The second-order valence-electron chi connectivity index (χ2n) is 14.9. The molecular weight excluding hydrogens is 718 g/mol. The Hall–Kier alpha value is -3.68. The van der Waals surface area contributed by atoms with E-state index < -0.39 is 84.0 Å². The van der Waals surface area contributed by atoms with Gasteiger partial charge >= 0.3 is 5.97 Å². The Morgan fingerprint density at radius 2 is 1.78 bits per heavy atom. The molecule has 3 saturated heterocycles. The number of ether oxygens (including phenoxy) is 5. The predicted molar refractivity (Wildman–Crippen MR) is 202 cm³/mol. The first-order valence-corrected chi connectivity index (χ1v) is 18.7. The summed E-state index contributed by atoms with van der Waals surface area (Å²) in [4.78, 5) is 40.6. The third-order valence-electron chi connectivity index (χ3n) is 10.4. The highest BCUT2D eigenvalue weighted by atomic mass is 16.7. The van der Waals surface area contributed by atoms with E-state index in [0.717, 1.165) is 0 Å². The highest BCUT2D eigenvalue weighted by molar-refractivity contribution is 5.91. The zero-order valence-corrected chi connectivity index (χ0v) is 32.5. The van der Waals surface area contributed by atoms with Gasteiger partial charge in [0, 0.05) is 43.9 Å². The van der Waals surface area contributed by atoms with Gasteiger partial charge in [0.25, 0.3) is 5.91 Å². The number of aliphatic hydroxyl groups is 3. The van der Waals surface area contributed by atoms with Gasteiger partial charge in [-0.2, -0.15) is 0 Å². The lowest BCUT2D eigenvalue weighted by Crippen LogP contribution is -2.69. The van der Waals surface area contributed by atoms with Gasteiger partial charge in [-0.15, -0.1) is 0 Å². The highest BCUT2D eigenvalue weighted by Crippen LogP contribution is 2.44. The monoisotopic (exact) mass is 779 g/mol. The number of hydrogen-bond acceptors (Lipinski definition) is 12. The molecule has 17 heteroatoms. The maximum atomic E-state index is 13.3. The number of unbranched alkanes of at least 4 members (excludes halogenated alkanes) is 1. The maximum Gasteiger partial charge on any atom is 0.326 e. The van der Waals surface area contributed by atoms with Crippen molar-refractivity contribution in [2.45, 2.75) is 133 Å². The topological polar surface area (TPSA) is 267 Å². The average molecular weight is 780 g/mol. The Kier molecular flexibility index (Phi) is 17.5. The van der Waals surface area contributed by atoms with Gasteiger partial charge in [-0.05, 0) is 39.0 Å². The molecule has 0 aromatic heterocycles. The van der Waals surface area contributed by atoms with Crippen LogP contribution >= 0.6 is 0 Å². The first kappa shape index (κ1) is 45.7. The maximum absolute atomic E-state index is 13.3. The molecule has 0 unspecified atom stereocenters. The van der Waals surface area contributed by atoms with Gasteiger partial charge in [-0.3, -0.25) is 14.6 Å². The van der Waals surface area contributed by atoms with E-state index in [1.54, 1.807) is 32.3 Å². The summed E-state index contributed by atoms with van der Waals surface area (Å²) in [7, 11) is 1.56. The summed E-state index contributed by atoms with van der Waals surface area (Å²) < 4.78 is 29.7. The largest absolute Gasteiger partial charge is 0.480 e. The summed E-state index contributed by atoms with van der Waals surface area (Å²) in [6.07, 6.45) is 5.66. The fourth-order valence-corrected chi connectivity index (χ4v) is 6.99. The van der Waals surface area contributed by atoms with Crippen molar-refractivity contribution >= 4 is 23.7 Å². The molecule has 0 aromatic carbocycles. The lowest BCUT2D eigenvalue weighted by atomic mass is 9.72. The van der Waals surface area contributed by atoms with Crippen LogP contribution < -0.4 is 22.1 Å². The van der Waals surface area contributed by atoms with Gasteiger partial charge in [-0.25, -0.2) is 4.79 Å². The van der Waals surface area contributed by atoms with E-state index in [0.29, 0.717) is 31.3 Å². The van der Waals surface area contributed by atoms with Crippen molar-refractivity contribution in [3.05, 3.63) is 48.6 Å². The molecule has 3 rings (SSSR count). The normalized spacial score (nSPS) is 31.1. The molecule has 310 valence electrons. The number of carboxylic acid groups (broad SMARTS) is 1. The van der Waals surface area contributed by atoms with Crippen LogP contribution in [-0.2, 0) is 38.1 Å². The summed E-state index contributed by atoms with van der Waals surface area (Å²) in [5.74, 6) is -4.92. The van der Waals surface area contributed by atoms with Crippen LogP contribution in [0.2, 0.25) is 0 Å². The summed E-state index contributed by atoms with van der Waals surface area (Å²) in [6.45, 7) is 11.6. The van der Waals surface area contributed by atoms with E-state index in [9.17, 15) is 34.8 Å². The van der Waals surface area contributed by atoms with E-state index in [4.69, 9.17) is 35.2 Å². The fraction of sp³-hybridized carbons (Fsp3) is 0.684. The number of nitrogens with zero attached hydrogens (tertiary/aromatic N) is 1. The standard InChI is InChI=1S/C38H61N5O12/c1-22-20-38(50,55-24(3)23(22)2)31(46)33(47)43-34-30-29(52-21-53-34)32(51-6)37(4,5)27(54-30)19-25(44)15-12-10-8-7-9-11-13-17-28(45)42-26(35(48)49)16-14-18-41-36(39)40/h7-9,11,13,17,23-27,29-32,34,44,46,50H,1,10,12,14-16,18-21H2,2-6H3,(H,42,45)(H,43,47)(H,48,49)(H4,39,40,41)/b8-7+,11-9+,17-13+/t23-,24-,25-,26+,27-,29+,30+,31-,32-,34+,38-/m1/s1. The number of aliphatic hydroxyl groups excluding tert-OH is 2. The van der Waals surface area contributed by atoms with Gasteiger partial charge in [0.1, 0.15) is 25.0 Å². The predicted octanol–water partition coefficient (Wildman–Crippen LogP) is 0.874. The average Bonchev–Trinajstić information content (AvgIpc) is 3.11. The van der Waals surface area contributed by atoms with Crippen LogP contribution in [0.15, 0.2) is 53.6 Å². The van der Waals surface area contributed by atoms with Gasteiger partial charge in [0.2, 0.25) is 11.7 Å². The molecule has 0 saturated carbocycles. The molecule has 0 aliphatic carbocycles. The minimum Gasteiger partial charge on any atom is -0.480 e. The molecule has 0 bridgehead atoms. The molecule has 2 amide bonds. The zero-order valence-electron chi connectivity index (χ0n) is 32.5. The Labute approximate surface area is 322 Å². The number of nitrogens with one attached hydrogen (secondary N) is 2. The lowest BCUT2D eigenvalue weighted by Gasteiger charge is -2.54. The van der Waals surface area contributed by atoms with Gasteiger partial charge < -0.3 is 66.2 Å². The molecule has 3 heterocycles. The Morgan fingerprint density at radius 1 is 1.07 bits per heavy atom. The number of carbonyl (C=O) groups excluding carboxylic acids is 2. The number of nitrogens with two attached hydrogens (primary N) is 2. The molecule has 0 radical (unpaired) electrons. The highest BCUT2D eigenvalue weighted by Gasteiger charge is 2.57. The van der Waals surface area contributed by atoms with Crippen LogP contribution in [0.5, 0.6) is 0 Å². The third kappa shape index (κ3) is 12.9. The van der Waals surface area contributed by atoms with Crippen LogP contribution in [0.3, 0.4) is 0 Å². The second kappa shape index (κ2) is 21.0. The number of rotatable bonds is 19. The number of guanidine groups is 1. The van der Waals surface area contributed by atoms with Crippen LogP contribution in [0, 0.1) is 11.3 Å². The second-order valence-corrected chi connectivity index (χ2v) is 14.9. The Morgan fingerprint density at radius 3 is 2.44 bits per heavy atom. The van der Waals surface area contributed by atoms with Crippen LogP contribution in [0.25, 0.3) is 0 Å². The van der Waals surface area contributed by atoms with Crippen molar-refractivity contribution in [1.82, 2.24) is 10.6 Å². The van der Waals surface area contributed by atoms with E-state index in [1.807, 2.05) is 26.8 Å². The van der Waals surface area contributed by atoms with Crippen LogP contribution in [0.4, 0.5) is 0 Å². The SMILES string of the molecule is C=C1C[C@](O)([C@H](O)C(=O)N[C@H]2OCO[C@H]3[C@@H]2O[C@H](C[C@H](O)CCC/C=C/C=C/C=C/C(=O)N[C@@H](CCCN=C(N)N)C(=O)O)C(C)(C)[C@@H]3OC)O[C@H](C)[C@@H]1C. The molecule has 0 aromatic rings. The van der Waals surface area contributed by atoms with Crippen molar-refractivity contribution in [2.24, 2.45) is 27.8 Å². The molecule has 17 nitrogen and oxygen atoms in total. The Bertz CT molecular complexity index is 1430. The van der Waals surface area contributed by atoms with Crippen LogP contribution in [-0.4, -0.2) is 125 Å². The van der Waals surface area contributed by atoms with E-state index in [2.05, 4.69) is 22.2 Å². The quantitative estimate of drug-likeness (QED) is 0.0226. The number of aliphatic carboxylic acids is 1. The van der Waals surface area contributed by atoms with Crippen LogP contribution in [0.1, 0.15) is 72.6 Å². The molecular formula is C38H61N5O12. The van der Waals surface area contributed by atoms with Crippen molar-refractivity contribution in [3.63, 3.8) is 0 Å². The van der Waals surface area contributed by atoms with Crippen molar-refractivity contribution in [2.75, 3.05) is 20.4 Å². The van der Waals surface area contributed by atoms with Crippen molar-refractivity contribution in [3.8, 4) is 0 Å². The molecule has 10 N–H and O–H groups in total. The summed E-state index contributed by atoms with van der Waals surface area (Å²) >= 11 is 0. The molecule has 3 fully saturated rings. The number of amides is 2. The minimum atomic E-state index is -2.16. The van der Waals surface area contributed by atoms with E-state index in [-0.39, 0.29) is 44.5 Å².